The lowest BCUT2D eigenvalue weighted by Crippen LogP contribution is -2.26. The maximum atomic E-state index is 11.6. The molecule has 0 bridgehead atoms. The van der Waals surface area contributed by atoms with Crippen LogP contribution < -0.4 is 11.1 Å². The molecule has 2 aromatic heterocycles. The molecule has 2 rings (SSSR count). The highest BCUT2D eigenvalue weighted by atomic mass is 32.1. The van der Waals surface area contributed by atoms with Crippen molar-refractivity contribution in [3.05, 3.63) is 34.8 Å². The summed E-state index contributed by atoms with van der Waals surface area (Å²) < 4.78 is 0. The number of H-pyrrole nitrogens is 1. The molecule has 0 radical (unpaired) electrons. The summed E-state index contributed by atoms with van der Waals surface area (Å²) in [5.41, 5.74) is 6.38. The predicted molar refractivity (Wildman–Crippen MR) is 58.5 cm³/mol. The first-order valence-corrected chi connectivity index (χ1v) is 5.24. The second-order valence-corrected chi connectivity index (χ2v) is 3.95. The molecule has 4 N–H and O–H groups in total. The van der Waals surface area contributed by atoms with E-state index in [1.54, 1.807) is 6.20 Å². The Morgan fingerprint density at radius 1 is 1.67 bits per heavy atom. The lowest BCUT2D eigenvalue weighted by Gasteiger charge is -2.08. The zero-order valence-electron chi connectivity index (χ0n) is 7.81. The molecule has 0 aromatic carbocycles. The predicted octanol–water partition coefficient (Wildman–Crippen LogP) is 1.11. The molecule has 78 valence electrons. The van der Waals surface area contributed by atoms with Crippen molar-refractivity contribution in [3.8, 4) is 0 Å². The van der Waals surface area contributed by atoms with Crippen molar-refractivity contribution < 1.29 is 4.79 Å². The number of nitrogens with one attached hydrogen (secondary N) is 2. The quantitative estimate of drug-likeness (QED) is 0.727. The van der Waals surface area contributed by atoms with E-state index in [0.717, 1.165) is 4.88 Å². The normalized spacial score (nSPS) is 12.3. The van der Waals surface area contributed by atoms with E-state index < -0.39 is 6.04 Å². The van der Waals surface area contributed by atoms with Gasteiger partial charge >= 0.3 is 0 Å². The first-order chi connectivity index (χ1) is 7.27. The van der Waals surface area contributed by atoms with Crippen LogP contribution in [0.2, 0.25) is 0 Å². The van der Waals surface area contributed by atoms with Gasteiger partial charge < -0.3 is 11.1 Å². The number of amides is 1. The summed E-state index contributed by atoms with van der Waals surface area (Å²) in [5.74, 6) is -0.237. The monoisotopic (exact) mass is 222 g/mol. The van der Waals surface area contributed by atoms with Crippen LogP contribution in [0.25, 0.3) is 0 Å². The van der Waals surface area contributed by atoms with Crippen molar-refractivity contribution in [3.63, 3.8) is 0 Å². The largest absolute Gasteiger partial charge is 0.322 e. The number of anilines is 1. The molecule has 2 aromatic rings. The van der Waals surface area contributed by atoms with E-state index in [9.17, 15) is 4.79 Å². The maximum absolute atomic E-state index is 11.6. The molecule has 1 unspecified atom stereocenters. The minimum absolute atomic E-state index is 0.237. The van der Waals surface area contributed by atoms with Crippen molar-refractivity contribution in [2.75, 3.05) is 5.32 Å². The van der Waals surface area contributed by atoms with Crippen LogP contribution in [0.5, 0.6) is 0 Å². The topological polar surface area (TPSA) is 83.8 Å². The zero-order chi connectivity index (χ0) is 10.7. The van der Waals surface area contributed by atoms with Gasteiger partial charge in [-0.15, -0.1) is 11.3 Å². The molecule has 15 heavy (non-hydrogen) atoms. The fourth-order valence-electron chi connectivity index (χ4n) is 1.14. The van der Waals surface area contributed by atoms with Crippen LogP contribution >= 0.6 is 11.3 Å². The second-order valence-electron chi connectivity index (χ2n) is 2.97. The van der Waals surface area contributed by atoms with Crippen LogP contribution in [0.15, 0.2) is 29.9 Å². The number of rotatable bonds is 3. The molecule has 0 aliphatic heterocycles. The highest BCUT2D eigenvalue weighted by Gasteiger charge is 2.16. The Bertz CT molecular complexity index is 423. The van der Waals surface area contributed by atoms with E-state index in [-0.39, 0.29) is 5.91 Å². The fourth-order valence-corrected chi connectivity index (χ4v) is 1.86. The molecule has 0 spiro atoms. The summed E-state index contributed by atoms with van der Waals surface area (Å²) in [6, 6.07) is 3.08. The number of nitrogens with zero attached hydrogens (tertiary/aromatic N) is 1. The summed E-state index contributed by atoms with van der Waals surface area (Å²) in [6.45, 7) is 0. The van der Waals surface area contributed by atoms with Crippen LogP contribution in [0.4, 0.5) is 5.69 Å². The Morgan fingerprint density at radius 2 is 2.53 bits per heavy atom. The zero-order valence-corrected chi connectivity index (χ0v) is 8.62. The Morgan fingerprint density at radius 3 is 3.13 bits per heavy atom. The first-order valence-electron chi connectivity index (χ1n) is 4.36. The summed E-state index contributed by atoms with van der Waals surface area (Å²) >= 11 is 1.46. The number of carbonyl (C=O) groups excluding carboxylic acids is 1. The highest BCUT2D eigenvalue weighted by molar-refractivity contribution is 7.10. The molecule has 2 heterocycles. The van der Waals surface area contributed by atoms with Crippen molar-refractivity contribution >= 4 is 22.9 Å². The Kier molecular flexibility index (Phi) is 2.79. The van der Waals surface area contributed by atoms with E-state index in [0.29, 0.717) is 5.69 Å². The van der Waals surface area contributed by atoms with E-state index in [1.165, 1.54) is 17.5 Å². The van der Waals surface area contributed by atoms with Gasteiger partial charge in [-0.1, -0.05) is 6.07 Å². The van der Waals surface area contributed by atoms with Gasteiger partial charge in [-0.2, -0.15) is 5.10 Å². The van der Waals surface area contributed by atoms with Crippen molar-refractivity contribution in [2.45, 2.75) is 6.04 Å². The Labute approximate surface area is 90.3 Å². The first kappa shape index (κ1) is 9.88. The molecular weight excluding hydrogens is 212 g/mol. The number of aromatic nitrogens is 2. The lowest BCUT2D eigenvalue weighted by atomic mass is 10.2. The molecule has 0 aliphatic carbocycles. The Balaban J connectivity index is 2.03. The van der Waals surface area contributed by atoms with Crippen molar-refractivity contribution in [1.82, 2.24) is 10.2 Å². The van der Waals surface area contributed by atoms with Crippen LogP contribution in [0.1, 0.15) is 10.9 Å². The standard InChI is InChI=1S/C9H10N4OS/c10-8(7-2-1-3-15-7)9(14)13-6-4-11-12-5-6/h1-5,8H,10H2,(H,11,12)(H,13,14). The van der Waals surface area contributed by atoms with Gasteiger partial charge in [0.25, 0.3) is 0 Å². The van der Waals surface area contributed by atoms with Gasteiger partial charge in [0.05, 0.1) is 11.9 Å². The molecular formula is C9H10N4OS. The van der Waals surface area contributed by atoms with Crippen molar-refractivity contribution in [2.24, 2.45) is 5.73 Å². The third-order valence-corrected chi connectivity index (χ3v) is 2.85. The van der Waals surface area contributed by atoms with Crippen LogP contribution in [0.3, 0.4) is 0 Å². The van der Waals surface area contributed by atoms with Gasteiger partial charge in [0.1, 0.15) is 6.04 Å². The highest BCUT2D eigenvalue weighted by Crippen LogP contribution is 2.18. The van der Waals surface area contributed by atoms with Gasteiger partial charge in [-0.05, 0) is 11.4 Å². The van der Waals surface area contributed by atoms with Gasteiger partial charge in [-0.3, -0.25) is 9.89 Å². The molecule has 0 fully saturated rings. The third-order valence-electron chi connectivity index (χ3n) is 1.90. The van der Waals surface area contributed by atoms with E-state index in [2.05, 4.69) is 15.5 Å². The molecule has 5 nitrogen and oxygen atoms in total. The summed E-state index contributed by atoms with van der Waals surface area (Å²) in [4.78, 5) is 12.5. The van der Waals surface area contributed by atoms with Crippen LogP contribution in [0, 0.1) is 0 Å². The average molecular weight is 222 g/mol. The minimum atomic E-state index is -0.625. The molecule has 0 aliphatic rings. The van der Waals surface area contributed by atoms with Crippen LogP contribution in [-0.2, 0) is 4.79 Å². The second kappa shape index (κ2) is 4.24. The fraction of sp³-hybridized carbons (Fsp3) is 0.111. The summed E-state index contributed by atoms with van der Waals surface area (Å²) in [7, 11) is 0. The SMILES string of the molecule is NC(C(=O)Nc1cn[nH]c1)c1cccs1. The number of thiophene rings is 1. The van der Waals surface area contributed by atoms with Crippen LogP contribution in [-0.4, -0.2) is 16.1 Å². The van der Waals surface area contributed by atoms with E-state index in [1.807, 2.05) is 17.5 Å². The number of aromatic amines is 1. The van der Waals surface area contributed by atoms with Gasteiger partial charge in [0, 0.05) is 11.1 Å². The Hall–Kier alpha value is -1.66. The van der Waals surface area contributed by atoms with E-state index >= 15 is 0 Å². The van der Waals surface area contributed by atoms with Gasteiger partial charge in [0.2, 0.25) is 5.91 Å². The third kappa shape index (κ3) is 2.23. The molecule has 0 saturated carbocycles. The molecule has 0 saturated heterocycles. The lowest BCUT2D eigenvalue weighted by molar-refractivity contribution is -0.117. The average Bonchev–Trinajstić information content (AvgIpc) is 2.88. The maximum Gasteiger partial charge on any atom is 0.246 e. The number of carbonyl (C=O) groups is 1. The van der Waals surface area contributed by atoms with Gasteiger partial charge in [0.15, 0.2) is 0 Å². The number of hydrogen-bond acceptors (Lipinski definition) is 4. The minimum Gasteiger partial charge on any atom is -0.322 e. The number of nitrogens with two attached hydrogens (primary N) is 1. The summed E-state index contributed by atoms with van der Waals surface area (Å²) in [5, 5.41) is 10.9. The van der Waals surface area contributed by atoms with E-state index in [4.69, 9.17) is 5.73 Å². The summed E-state index contributed by atoms with van der Waals surface area (Å²) in [6.07, 6.45) is 3.12. The molecule has 1 amide bonds. The molecule has 6 heteroatoms. The van der Waals surface area contributed by atoms with Crippen molar-refractivity contribution in [1.29, 1.82) is 0 Å². The molecule has 1 atom stereocenters. The van der Waals surface area contributed by atoms with Gasteiger partial charge in [-0.25, -0.2) is 0 Å². The number of hydrogen-bond donors (Lipinski definition) is 3. The smallest absolute Gasteiger partial charge is 0.246 e.